The molecule has 1 aromatic carbocycles. The van der Waals surface area contributed by atoms with Gasteiger partial charge in [0, 0.05) is 49.6 Å². The van der Waals surface area contributed by atoms with Crippen molar-refractivity contribution in [1.82, 2.24) is 19.5 Å². The molecule has 4 aromatic rings. The Kier molecular flexibility index (Phi) is 4.46. The van der Waals surface area contributed by atoms with Crippen molar-refractivity contribution in [2.45, 2.75) is 6.92 Å². The van der Waals surface area contributed by atoms with Gasteiger partial charge in [-0.05, 0) is 43.3 Å². The van der Waals surface area contributed by atoms with Gasteiger partial charge in [-0.1, -0.05) is 0 Å². The van der Waals surface area contributed by atoms with Gasteiger partial charge in [0.1, 0.15) is 11.6 Å². The Bertz CT molecular complexity index is 1190. The largest absolute Gasteiger partial charge is 0.459 e. The van der Waals surface area contributed by atoms with Crippen molar-refractivity contribution >= 4 is 17.4 Å². The minimum atomic E-state index is -0.279. The first-order valence-corrected chi connectivity index (χ1v) is 9.79. The molecular formula is C22H20FN5O2. The number of amides is 1. The predicted molar refractivity (Wildman–Crippen MR) is 110 cm³/mol. The zero-order valence-corrected chi connectivity index (χ0v) is 16.5. The van der Waals surface area contributed by atoms with Gasteiger partial charge >= 0.3 is 0 Å². The second kappa shape index (κ2) is 7.29. The average Bonchev–Trinajstić information content (AvgIpc) is 3.43. The van der Waals surface area contributed by atoms with Gasteiger partial charge in [-0.15, -0.1) is 0 Å². The number of fused-ring (bicyclic) bond motifs is 1. The zero-order valence-electron chi connectivity index (χ0n) is 16.5. The Morgan fingerprint density at radius 1 is 1.07 bits per heavy atom. The summed E-state index contributed by atoms with van der Waals surface area (Å²) in [6, 6.07) is 13.6. The molecule has 0 spiro atoms. The number of hydrogen-bond donors (Lipinski definition) is 0. The Labute approximate surface area is 172 Å². The van der Waals surface area contributed by atoms with E-state index >= 15 is 0 Å². The van der Waals surface area contributed by atoms with E-state index in [0.29, 0.717) is 31.9 Å². The van der Waals surface area contributed by atoms with Crippen LogP contribution in [0.1, 0.15) is 16.2 Å². The lowest BCUT2D eigenvalue weighted by atomic mass is 10.1. The zero-order chi connectivity index (χ0) is 20.7. The summed E-state index contributed by atoms with van der Waals surface area (Å²) in [5.74, 6) is 0.921. The summed E-state index contributed by atoms with van der Waals surface area (Å²) in [6.07, 6.45) is 1.51. The van der Waals surface area contributed by atoms with E-state index in [1.54, 1.807) is 29.2 Å². The van der Waals surface area contributed by atoms with Crippen LogP contribution >= 0.6 is 0 Å². The SMILES string of the molecule is Cc1cc(N2CCN(C(=O)c3ccco3)CC2)n2nc(-c3ccc(F)cc3)cc2n1. The first-order valence-electron chi connectivity index (χ1n) is 9.79. The molecule has 0 radical (unpaired) electrons. The van der Waals surface area contributed by atoms with Gasteiger partial charge in [0.05, 0.1) is 12.0 Å². The lowest BCUT2D eigenvalue weighted by molar-refractivity contribution is 0.0714. The van der Waals surface area contributed by atoms with Crippen LogP contribution in [0.4, 0.5) is 10.2 Å². The minimum absolute atomic E-state index is 0.0895. The number of carbonyl (C=O) groups excluding carboxylic acids is 1. The topological polar surface area (TPSA) is 66.9 Å². The van der Waals surface area contributed by atoms with E-state index in [4.69, 9.17) is 9.52 Å². The number of anilines is 1. The first kappa shape index (κ1) is 18.4. The second-order valence-electron chi connectivity index (χ2n) is 7.32. The summed E-state index contributed by atoms with van der Waals surface area (Å²) in [6.45, 7) is 4.49. The van der Waals surface area contributed by atoms with Crippen LogP contribution in [0.2, 0.25) is 0 Å². The Morgan fingerprint density at radius 2 is 1.83 bits per heavy atom. The quantitative estimate of drug-likeness (QED) is 0.523. The van der Waals surface area contributed by atoms with Gasteiger partial charge < -0.3 is 14.2 Å². The third-order valence-electron chi connectivity index (χ3n) is 5.30. The minimum Gasteiger partial charge on any atom is -0.459 e. The van der Waals surface area contributed by atoms with Gasteiger partial charge in [0.15, 0.2) is 11.4 Å². The molecule has 4 heterocycles. The first-order chi connectivity index (χ1) is 14.6. The molecule has 5 rings (SSSR count). The number of aryl methyl sites for hydroxylation is 1. The molecule has 3 aromatic heterocycles. The number of nitrogens with zero attached hydrogens (tertiary/aromatic N) is 5. The standard InChI is InChI=1S/C22H20FN5O2/c1-15-13-21(26-8-10-27(11-9-26)22(29)19-3-2-12-30-19)28-20(24-15)14-18(25-28)16-4-6-17(23)7-5-16/h2-7,12-14H,8-11H2,1H3. The molecule has 0 bridgehead atoms. The molecule has 0 N–H and O–H groups in total. The average molecular weight is 405 g/mol. The fraction of sp³-hybridized carbons (Fsp3) is 0.227. The van der Waals surface area contributed by atoms with Gasteiger partial charge in [-0.25, -0.2) is 9.37 Å². The summed E-state index contributed by atoms with van der Waals surface area (Å²) in [7, 11) is 0. The third-order valence-corrected chi connectivity index (χ3v) is 5.30. The van der Waals surface area contributed by atoms with Crippen molar-refractivity contribution in [2.24, 2.45) is 0 Å². The summed E-state index contributed by atoms with van der Waals surface area (Å²) in [5, 5.41) is 4.72. The van der Waals surface area contributed by atoms with E-state index < -0.39 is 0 Å². The van der Waals surface area contributed by atoms with Crippen LogP contribution in [0.5, 0.6) is 0 Å². The maximum atomic E-state index is 13.3. The van der Waals surface area contributed by atoms with E-state index in [2.05, 4.69) is 9.88 Å². The number of benzene rings is 1. The van der Waals surface area contributed by atoms with Crippen molar-refractivity contribution in [3.05, 3.63) is 72.1 Å². The second-order valence-corrected chi connectivity index (χ2v) is 7.32. The summed E-state index contributed by atoms with van der Waals surface area (Å²) >= 11 is 0. The molecule has 0 atom stereocenters. The van der Waals surface area contributed by atoms with Crippen LogP contribution in [-0.4, -0.2) is 51.6 Å². The molecule has 0 aliphatic carbocycles. The highest BCUT2D eigenvalue weighted by atomic mass is 19.1. The van der Waals surface area contributed by atoms with Crippen LogP contribution in [-0.2, 0) is 0 Å². The maximum absolute atomic E-state index is 13.3. The summed E-state index contributed by atoms with van der Waals surface area (Å²) < 4.78 is 20.3. The lowest BCUT2D eigenvalue weighted by Crippen LogP contribution is -2.49. The molecule has 1 fully saturated rings. The lowest BCUT2D eigenvalue weighted by Gasteiger charge is -2.35. The summed E-state index contributed by atoms with van der Waals surface area (Å²) in [5.41, 5.74) is 3.19. The molecule has 1 amide bonds. The van der Waals surface area contributed by atoms with Gasteiger partial charge in [-0.3, -0.25) is 4.79 Å². The molecule has 8 heteroatoms. The molecule has 0 saturated carbocycles. The number of rotatable bonds is 3. The number of hydrogen-bond acceptors (Lipinski definition) is 5. The van der Waals surface area contributed by atoms with E-state index in [9.17, 15) is 9.18 Å². The van der Waals surface area contributed by atoms with Gasteiger partial charge in [-0.2, -0.15) is 9.61 Å². The van der Waals surface area contributed by atoms with Crippen LogP contribution in [0.15, 0.2) is 59.2 Å². The van der Waals surface area contributed by atoms with Gasteiger partial charge in [0.25, 0.3) is 5.91 Å². The van der Waals surface area contributed by atoms with Crippen LogP contribution in [0.25, 0.3) is 16.9 Å². The summed E-state index contributed by atoms with van der Waals surface area (Å²) in [4.78, 5) is 21.1. The van der Waals surface area contributed by atoms with Crippen molar-refractivity contribution in [3.8, 4) is 11.3 Å². The fourth-order valence-corrected chi connectivity index (χ4v) is 3.76. The van der Waals surface area contributed by atoms with Crippen molar-refractivity contribution in [2.75, 3.05) is 31.1 Å². The predicted octanol–water partition coefficient (Wildman–Crippen LogP) is 3.40. The van der Waals surface area contributed by atoms with Crippen LogP contribution < -0.4 is 4.90 Å². The Morgan fingerprint density at radius 3 is 2.53 bits per heavy atom. The van der Waals surface area contributed by atoms with Gasteiger partial charge in [0.2, 0.25) is 0 Å². The molecule has 30 heavy (non-hydrogen) atoms. The Hall–Kier alpha value is -3.68. The van der Waals surface area contributed by atoms with Crippen LogP contribution in [0.3, 0.4) is 0 Å². The number of piperazine rings is 1. The third kappa shape index (κ3) is 3.30. The highest BCUT2D eigenvalue weighted by Crippen LogP contribution is 2.25. The molecule has 152 valence electrons. The van der Waals surface area contributed by atoms with E-state index in [0.717, 1.165) is 28.4 Å². The number of halogens is 1. The highest BCUT2D eigenvalue weighted by Gasteiger charge is 2.25. The molecular weight excluding hydrogens is 385 g/mol. The molecule has 1 saturated heterocycles. The monoisotopic (exact) mass is 405 g/mol. The highest BCUT2D eigenvalue weighted by molar-refractivity contribution is 5.91. The Balaban J connectivity index is 1.42. The van der Waals surface area contributed by atoms with Crippen molar-refractivity contribution < 1.29 is 13.6 Å². The maximum Gasteiger partial charge on any atom is 0.289 e. The van der Waals surface area contributed by atoms with Crippen LogP contribution in [0, 0.1) is 12.7 Å². The molecule has 1 aliphatic rings. The number of furan rings is 1. The fourth-order valence-electron chi connectivity index (χ4n) is 3.76. The normalized spacial score (nSPS) is 14.5. The number of aromatic nitrogens is 3. The van der Waals surface area contributed by atoms with Crippen molar-refractivity contribution in [1.29, 1.82) is 0 Å². The molecule has 1 aliphatic heterocycles. The van der Waals surface area contributed by atoms with E-state index in [1.165, 1.54) is 18.4 Å². The number of carbonyl (C=O) groups is 1. The molecule has 7 nitrogen and oxygen atoms in total. The van der Waals surface area contributed by atoms with E-state index in [1.807, 2.05) is 23.6 Å². The molecule has 0 unspecified atom stereocenters. The smallest absolute Gasteiger partial charge is 0.289 e. The van der Waals surface area contributed by atoms with E-state index in [-0.39, 0.29) is 11.7 Å². The van der Waals surface area contributed by atoms with Crippen molar-refractivity contribution in [3.63, 3.8) is 0 Å².